The largest absolute Gasteiger partial charge is 0.457 e. The van der Waals surface area contributed by atoms with Gasteiger partial charge in [-0.1, -0.05) is 0 Å². The summed E-state index contributed by atoms with van der Waals surface area (Å²) in [6.45, 7) is 0. The van der Waals surface area contributed by atoms with Crippen molar-refractivity contribution in [2.45, 2.75) is 17.8 Å². The van der Waals surface area contributed by atoms with Gasteiger partial charge in [-0.25, -0.2) is 0 Å². The van der Waals surface area contributed by atoms with E-state index in [1.54, 1.807) is 0 Å². The molecule has 0 atom stereocenters. The maximum Gasteiger partial charge on any atom is 0.380 e. The van der Waals surface area contributed by atoms with Crippen LogP contribution in [0.2, 0.25) is 0 Å². The second-order valence-electron chi connectivity index (χ2n) is 8.11. The molecule has 37 heavy (non-hydrogen) atoms. The lowest BCUT2D eigenvalue weighted by Gasteiger charge is -2.33. The number of alkyl halides is 6. The van der Waals surface area contributed by atoms with Crippen LogP contribution >= 0.6 is 0 Å². The molecule has 0 saturated carbocycles. The Bertz CT molecular complexity index is 1240. The first-order valence-corrected chi connectivity index (χ1v) is 10.8. The monoisotopic (exact) mass is 518 g/mol. The third-order valence-corrected chi connectivity index (χ3v) is 5.45. The van der Waals surface area contributed by atoms with E-state index in [9.17, 15) is 26.3 Å². The van der Waals surface area contributed by atoms with Crippen LogP contribution in [-0.4, -0.2) is 5.92 Å². The molecule has 0 bridgehead atoms. The highest BCUT2D eigenvalue weighted by atomic mass is 19.3. The van der Waals surface area contributed by atoms with E-state index in [0.29, 0.717) is 47.1 Å². The summed E-state index contributed by atoms with van der Waals surface area (Å²) in [6, 6.07) is 18.6. The standard InChI is InChI=1S/C27H20F6N2O2/c28-25(29,17-1-9-21(10-2-17)36-23-13-5-19(34)6-14-23)27(32,33)26(30,31)18-3-11-22(12-4-18)37-24-15-7-20(35)8-16-24/h1-16H,34-35H2. The molecule has 0 aliphatic rings. The molecule has 0 aromatic heterocycles. The van der Waals surface area contributed by atoms with E-state index in [2.05, 4.69) is 0 Å². The molecule has 0 heterocycles. The molecule has 4 N–H and O–H groups in total. The molecule has 10 heteroatoms. The smallest absolute Gasteiger partial charge is 0.380 e. The number of hydrogen-bond donors (Lipinski definition) is 2. The van der Waals surface area contributed by atoms with Crippen LogP contribution in [0.1, 0.15) is 11.1 Å². The van der Waals surface area contributed by atoms with Crippen LogP contribution in [0.15, 0.2) is 97.1 Å². The van der Waals surface area contributed by atoms with Crippen molar-refractivity contribution in [1.29, 1.82) is 0 Å². The van der Waals surface area contributed by atoms with Crippen molar-refractivity contribution < 1.29 is 35.8 Å². The second kappa shape index (κ2) is 9.61. The minimum atomic E-state index is -5.77. The van der Waals surface area contributed by atoms with E-state index in [4.69, 9.17) is 20.9 Å². The zero-order chi connectivity index (χ0) is 26.8. The van der Waals surface area contributed by atoms with Crippen LogP contribution in [-0.2, 0) is 11.8 Å². The van der Waals surface area contributed by atoms with Gasteiger partial charge in [0.25, 0.3) is 0 Å². The lowest BCUT2D eigenvalue weighted by Crippen LogP contribution is -2.50. The van der Waals surface area contributed by atoms with Gasteiger partial charge in [0.15, 0.2) is 0 Å². The van der Waals surface area contributed by atoms with Gasteiger partial charge in [0.1, 0.15) is 23.0 Å². The van der Waals surface area contributed by atoms with Crippen LogP contribution in [0.25, 0.3) is 0 Å². The Morgan fingerprint density at radius 2 is 0.649 bits per heavy atom. The first kappa shape index (κ1) is 25.7. The molecule has 4 rings (SSSR count). The summed E-state index contributed by atoms with van der Waals surface area (Å²) < 4.78 is 99.5. The van der Waals surface area contributed by atoms with Gasteiger partial charge in [-0.3, -0.25) is 0 Å². The number of nitrogens with two attached hydrogens (primary N) is 2. The molecule has 0 aliphatic heterocycles. The Morgan fingerprint density at radius 1 is 0.405 bits per heavy atom. The molecule has 0 unspecified atom stereocenters. The Hall–Kier alpha value is -4.34. The van der Waals surface area contributed by atoms with Crippen LogP contribution in [0.5, 0.6) is 23.0 Å². The molecule has 4 aromatic carbocycles. The lowest BCUT2D eigenvalue weighted by atomic mass is 9.93. The zero-order valence-electron chi connectivity index (χ0n) is 19.0. The molecule has 192 valence electrons. The molecule has 0 saturated heterocycles. The summed E-state index contributed by atoms with van der Waals surface area (Å²) in [5.41, 5.74) is 9.47. The Balaban J connectivity index is 1.52. The summed E-state index contributed by atoms with van der Waals surface area (Å²) >= 11 is 0. The first-order valence-electron chi connectivity index (χ1n) is 10.8. The third kappa shape index (κ3) is 5.13. The topological polar surface area (TPSA) is 70.5 Å². The van der Waals surface area contributed by atoms with Gasteiger partial charge in [-0.15, -0.1) is 0 Å². The van der Waals surface area contributed by atoms with Crippen molar-refractivity contribution in [3.8, 4) is 23.0 Å². The summed E-state index contributed by atoms with van der Waals surface area (Å²) in [6.07, 6.45) is 0. The molecule has 0 radical (unpaired) electrons. The Kier molecular flexibility index (Phi) is 6.68. The highest BCUT2D eigenvalue weighted by molar-refractivity contribution is 5.45. The third-order valence-electron chi connectivity index (χ3n) is 5.45. The fourth-order valence-corrected chi connectivity index (χ4v) is 3.37. The van der Waals surface area contributed by atoms with E-state index >= 15 is 0 Å². The Morgan fingerprint density at radius 3 is 0.919 bits per heavy atom. The number of halogens is 6. The quantitative estimate of drug-likeness (QED) is 0.183. The van der Waals surface area contributed by atoms with Gasteiger partial charge in [0, 0.05) is 22.5 Å². The highest BCUT2D eigenvalue weighted by Gasteiger charge is 2.72. The molecule has 0 fully saturated rings. The van der Waals surface area contributed by atoms with Gasteiger partial charge >= 0.3 is 17.8 Å². The molecule has 0 spiro atoms. The maximum absolute atomic E-state index is 14.8. The normalized spacial score (nSPS) is 12.3. The van der Waals surface area contributed by atoms with Crippen molar-refractivity contribution in [2.24, 2.45) is 0 Å². The summed E-state index contributed by atoms with van der Waals surface area (Å²) in [5.74, 6) is -15.5. The van der Waals surface area contributed by atoms with Gasteiger partial charge in [-0.2, -0.15) is 26.3 Å². The second-order valence-corrected chi connectivity index (χ2v) is 8.11. The SMILES string of the molecule is Nc1ccc(Oc2ccc(C(F)(F)C(F)(F)C(F)(F)c3ccc(Oc4ccc(N)cc4)cc3)cc2)cc1. The molecular weight excluding hydrogens is 498 g/mol. The van der Waals surface area contributed by atoms with Crippen molar-refractivity contribution in [3.05, 3.63) is 108 Å². The van der Waals surface area contributed by atoms with E-state index in [1.165, 1.54) is 48.5 Å². The minimum absolute atomic E-state index is 0.0380. The average Bonchev–Trinajstić information content (AvgIpc) is 2.87. The average molecular weight is 518 g/mol. The first-order chi connectivity index (χ1) is 17.4. The van der Waals surface area contributed by atoms with Crippen molar-refractivity contribution in [1.82, 2.24) is 0 Å². The van der Waals surface area contributed by atoms with E-state index in [0.717, 1.165) is 24.3 Å². The van der Waals surface area contributed by atoms with Crippen LogP contribution < -0.4 is 20.9 Å². The van der Waals surface area contributed by atoms with E-state index < -0.39 is 28.9 Å². The van der Waals surface area contributed by atoms with Gasteiger partial charge < -0.3 is 20.9 Å². The number of anilines is 2. The van der Waals surface area contributed by atoms with E-state index in [-0.39, 0.29) is 11.5 Å². The van der Waals surface area contributed by atoms with Crippen LogP contribution in [0, 0.1) is 0 Å². The fourth-order valence-electron chi connectivity index (χ4n) is 3.37. The minimum Gasteiger partial charge on any atom is -0.457 e. The molecular formula is C27H20F6N2O2. The Labute approximate surface area is 208 Å². The summed E-state index contributed by atoms with van der Waals surface area (Å²) in [4.78, 5) is 0. The van der Waals surface area contributed by atoms with Gasteiger partial charge in [0.2, 0.25) is 0 Å². The number of rotatable bonds is 8. The molecule has 4 nitrogen and oxygen atoms in total. The lowest BCUT2D eigenvalue weighted by molar-refractivity contribution is -0.321. The summed E-state index contributed by atoms with van der Waals surface area (Å²) in [5, 5.41) is 0. The number of nitrogen functional groups attached to an aromatic ring is 2. The molecule has 4 aromatic rings. The van der Waals surface area contributed by atoms with Gasteiger partial charge in [0.05, 0.1) is 0 Å². The predicted molar refractivity (Wildman–Crippen MR) is 127 cm³/mol. The van der Waals surface area contributed by atoms with Crippen molar-refractivity contribution in [2.75, 3.05) is 11.5 Å². The maximum atomic E-state index is 14.8. The summed E-state index contributed by atoms with van der Waals surface area (Å²) in [7, 11) is 0. The fraction of sp³-hybridized carbons (Fsp3) is 0.111. The zero-order valence-corrected chi connectivity index (χ0v) is 19.0. The van der Waals surface area contributed by atoms with Gasteiger partial charge in [-0.05, 0) is 97.1 Å². The highest BCUT2D eigenvalue weighted by Crippen LogP contribution is 2.55. The predicted octanol–water partition coefficient (Wildman–Crippen LogP) is 7.95. The number of hydrogen-bond acceptors (Lipinski definition) is 4. The molecule has 0 aliphatic carbocycles. The number of benzene rings is 4. The van der Waals surface area contributed by atoms with Crippen molar-refractivity contribution in [3.63, 3.8) is 0 Å². The van der Waals surface area contributed by atoms with Crippen molar-refractivity contribution >= 4 is 11.4 Å². The van der Waals surface area contributed by atoms with E-state index in [1.807, 2.05) is 0 Å². The molecule has 0 amide bonds. The van der Waals surface area contributed by atoms with Crippen LogP contribution in [0.4, 0.5) is 37.7 Å². The number of ether oxygens (including phenoxy) is 2. The van der Waals surface area contributed by atoms with Crippen LogP contribution in [0.3, 0.4) is 0 Å².